The van der Waals surface area contributed by atoms with Gasteiger partial charge >= 0.3 is 0 Å². The van der Waals surface area contributed by atoms with Gasteiger partial charge in [0.1, 0.15) is 18.5 Å². The van der Waals surface area contributed by atoms with Crippen molar-refractivity contribution in [3.8, 4) is 5.75 Å². The summed E-state index contributed by atoms with van der Waals surface area (Å²) in [6.45, 7) is 7.01. The summed E-state index contributed by atoms with van der Waals surface area (Å²) < 4.78 is 5.47. The van der Waals surface area contributed by atoms with Crippen molar-refractivity contribution in [1.29, 1.82) is 0 Å². The minimum absolute atomic E-state index is 0.139. The Morgan fingerprint density at radius 1 is 1.43 bits per heavy atom. The quantitative estimate of drug-likeness (QED) is 0.684. The van der Waals surface area contributed by atoms with Crippen LogP contribution in [0.5, 0.6) is 5.75 Å². The highest BCUT2D eigenvalue weighted by atomic mass is 35.5. The molecule has 0 spiro atoms. The number of carbonyl (C=O) groups excluding carboxylic acids is 1. The van der Waals surface area contributed by atoms with Gasteiger partial charge in [0.2, 0.25) is 0 Å². The van der Waals surface area contributed by atoms with Gasteiger partial charge in [0.05, 0.1) is 5.02 Å². The molecule has 1 amide bonds. The molecule has 0 aliphatic heterocycles. The van der Waals surface area contributed by atoms with Crippen molar-refractivity contribution in [1.82, 2.24) is 10.6 Å². The first-order valence-corrected chi connectivity index (χ1v) is 7.43. The van der Waals surface area contributed by atoms with Crippen molar-refractivity contribution in [3.05, 3.63) is 28.8 Å². The molecule has 0 saturated heterocycles. The van der Waals surface area contributed by atoms with Crippen LogP contribution in [-0.2, 0) is 0 Å². The second-order valence-electron chi connectivity index (χ2n) is 5.03. The van der Waals surface area contributed by atoms with Crippen LogP contribution in [0.4, 0.5) is 0 Å². The summed E-state index contributed by atoms with van der Waals surface area (Å²) in [5.74, 6) is 0.278. The molecule has 118 valence electrons. The van der Waals surface area contributed by atoms with Gasteiger partial charge in [-0.05, 0) is 25.1 Å². The van der Waals surface area contributed by atoms with Gasteiger partial charge in [-0.1, -0.05) is 25.4 Å². The molecule has 0 fully saturated rings. The Hall–Kier alpha value is -1.30. The number of hydrogen-bond donors (Lipinski definition) is 3. The minimum Gasteiger partial charge on any atom is -0.489 e. The van der Waals surface area contributed by atoms with Crippen LogP contribution in [0.1, 0.15) is 31.1 Å². The standard InChI is InChI=1S/C15H23ClN2O3/c1-4-17-15(20)11-5-6-14(13(16)7-11)21-9-12(19)8-18-10(2)3/h5-7,10,12,18-19H,4,8-9H2,1-3H3,(H,17,20)/t12-/m1/s1. The molecule has 1 atom stereocenters. The maximum Gasteiger partial charge on any atom is 0.251 e. The fourth-order valence-electron chi connectivity index (χ4n) is 1.64. The SMILES string of the molecule is CCNC(=O)c1ccc(OC[C@H](O)CNC(C)C)c(Cl)c1. The molecule has 1 aromatic carbocycles. The number of rotatable bonds is 8. The third-order valence-corrected chi connectivity index (χ3v) is 3.02. The molecule has 0 aromatic heterocycles. The fraction of sp³-hybridized carbons (Fsp3) is 0.533. The Morgan fingerprint density at radius 2 is 2.14 bits per heavy atom. The van der Waals surface area contributed by atoms with E-state index in [1.807, 2.05) is 20.8 Å². The molecular formula is C15H23ClN2O3. The lowest BCUT2D eigenvalue weighted by molar-refractivity contribution is 0.0954. The summed E-state index contributed by atoms with van der Waals surface area (Å²) in [4.78, 5) is 11.7. The third kappa shape index (κ3) is 6.33. The zero-order valence-electron chi connectivity index (χ0n) is 12.6. The number of aliphatic hydroxyl groups excluding tert-OH is 1. The Balaban J connectivity index is 2.54. The second kappa shape index (κ2) is 8.87. The van der Waals surface area contributed by atoms with Gasteiger partial charge in [-0.2, -0.15) is 0 Å². The number of nitrogens with one attached hydrogen (secondary N) is 2. The third-order valence-electron chi connectivity index (χ3n) is 2.72. The van der Waals surface area contributed by atoms with Crippen LogP contribution in [0.3, 0.4) is 0 Å². The molecule has 0 aliphatic carbocycles. The van der Waals surface area contributed by atoms with Crippen LogP contribution in [0.2, 0.25) is 5.02 Å². The Labute approximate surface area is 130 Å². The second-order valence-corrected chi connectivity index (χ2v) is 5.44. The van der Waals surface area contributed by atoms with Gasteiger partial charge in [-0.15, -0.1) is 0 Å². The molecule has 5 nitrogen and oxygen atoms in total. The molecule has 1 aromatic rings. The molecule has 6 heteroatoms. The van der Waals surface area contributed by atoms with Crippen molar-refractivity contribution in [3.63, 3.8) is 0 Å². The molecule has 0 radical (unpaired) electrons. The van der Waals surface area contributed by atoms with Crippen molar-refractivity contribution >= 4 is 17.5 Å². The Kier molecular flexibility index (Phi) is 7.50. The molecule has 3 N–H and O–H groups in total. The van der Waals surface area contributed by atoms with Gasteiger partial charge in [0, 0.05) is 24.7 Å². The molecule has 0 aliphatic rings. The predicted molar refractivity (Wildman–Crippen MR) is 84.1 cm³/mol. The van der Waals surface area contributed by atoms with Crippen molar-refractivity contribution in [2.45, 2.75) is 32.9 Å². The Bertz CT molecular complexity index is 466. The molecule has 0 saturated carbocycles. The molecular weight excluding hydrogens is 292 g/mol. The van der Waals surface area contributed by atoms with Crippen molar-refractivity contribution < 1.29 is 14.6 Å². The van der Waals surface area contributed by atoms with E-state index in [1.165, 1.54) is 0 Å². The van der Waals surface area contributed by atoms with E-state index in [0.29, 0.717) is 35.5 Å². The topological polar surface area (TPSA) is 70.6 Å². The van der Waals surface area contributed by atoms with Crippen LogP contribution in [0, 0.1) is 0 Å². The molecule has 1 rings (SSSR count). The maximum absolute atomic E-state index is 11.7. The number of halogens is 1. The summed E-state index contributed by atoms with van der Waals surface area (Å²) in [5, 5.41) is 15.9. The zero-order valence-corrected chi connectivity index (χ0v) is 13.4. The summed E-state index contributed by atoms with van der Waals surface area (Å²) in [5.41, 5.74) is 0.483. The predicted octanol–water partition coefficient (Wildman–Crippen LogP) is 1.83. The van der Waals surface area contributed by atoms with Gasteiger partial charge in [0.25, 0.3) is 5.91 Å². The van der Waals surface area contributed by atoms with Crippen LogP contribution < -0.4 is 15.4 Å². The van der Waals surface area contributed by atoms with Crippen LogP contribution in [0.25, 0.3) is 0 Å². The normalized spacial score (nSPS) is 12.3. The monoisotopic (exact) mass is 314 g/mol. The summed E-state index contributed by atoms with van der Waals surface area (Å²) in [6, 6.07) is 5.14. The van der Waals surface area contributed by atoms with Crippen molar-refractivity contribution in [2.75, 3.05) is 19.7 Å². The van der Waals surface area contributed by atoms with E-state index in [0.717, 1.165) is 0 Å². The van der Waals surface area contributed by atoms with E-state index in [9.17, 15) is 9.90 Å². The van der Waals surface area contributed by atoms with Gasteiger partial charge in [-0.3, -0.25) is 4.79 Å². The molecule has 0 bridgehead atoms. The largest absolute Gasteiger partial charge is 0.489 e. The highest BCUT2D eigenvalue weighted by Gasteiger charge is 2.11. The smallest absolute Gasteiger partial charge is 0.251 e. The van der Waals surface area contributed by atoms with Crippen molar-refractivity contribution in [2.24, 2.45) is 0 Å². The van der Waals surface area contributed by atoms with Crippen LogP contribution in [0.15, 0.2) is 18.2 Å². The molecule has 0 unspecified atom stereocenters. The maximum atomic E-state index is 11.7. The first-order valence-electron chi connectivity index (χ1n) is 7.06. The van der Waals surface area contributed by atoms with E-state index in [2.05, 4.69) is 10.6 Å². The lowest BCUT2D eigenvalue weighted by atomic mass is 10.2. The van der Waals surface area contributed by atoms with E-state index in [4.69, 9.17) is 16.3 Å². The highest BCUT2D eigenvalue weighted by molar-refractivity contribution is 6.32. The van der Waals surface area contributed by atoms with Gasteiger partial charge < -0.3 is 20.5 Å². The minimum atomic E-state index is -0.619. The Morgan fingerprint density at radius 3 is 2.71 bits per heavy atom. The molecule has 0 heterocycles. The summed E-state index contributed by atoms with van der Waals surface area (Å²) in [6.07, 6.45) is -0.619. The van der Waals surface area contributed by atoms with E-state index in [1.54, 1.807) is 18.2 Å². The summed E-state index contributed by atoms with van der Waals surface area (Å²) in [7, 11) is 0. The number of aliphatic hydroxyl groups is 1. The number of benzene rings is 1. The number of hydrogen-bond acceptors (Lipinski definition) is 4. The van der Waals surface area contributed by atoms with Gasteiger partial charge in [0.15, 0.2) is 0 Å². The highest BCUT2D eigenvalue weighted by Crippen LogP contribution is 2.25. The average Bonchev–Trinajstić information content (AvgIpc) is 2.44. The number of ether oxygens (including phenoxy) is 1. The van der Waals surface area contributed by atoms with E-state index in [-0.39, 0.29) is 12.5 Å². The first kappa shape index (κ1) is 17.8. The fourth-order valence-corrected chi connectivity index (χ4v) is 1.87. The van der Waals surface area contributed by atoms with E-state index < -0.39 is 6.10 Å². The zero-order chi connectivity index (χ0) is 15.8. The van der Waals surface area contributed by atoms with Gasteiger partial charge in [-0.25, -0.2) is 0 Å². The first-order chi connectivity index (χ1) is 9.93. The average molecular weight is 315 g/mol. The lowest BCUT2D eigenvalue weighted by Gasteiger charge is -2.15. The molecule has 21 heavy (non-hydrogen) atoms. The van der Waals surface area contributed by atoms with Crippen LogP contribution >= 0.6 is 11.6 Å². The number of amides is 1. The van der Waals surface area contributed by atoms with Crippen LogP contribution in [-0.4, -0.2) is 42.9 Å². The lowest BCUT2D eigenvalue weighted by Crippen LogP contribution is -2.35. The summed E-state index contributed by atoms with van der Waals surface area (Å²) >= 11 is 6.08. The van der Waals surface area contributed by atoms with E-state index >= 15 is 0 Å². The number of carbonyl (C=O) groups is 1.